The van der Waals surface area contributed by atoms with E-state index in [0.717, 1.165) is 42.5 Å². The third-order valence-electron chi connectivity index (χ3n) is 5.06. The summed E-state index contributed by atoms with van der Waals surface area (Å²) in [7, 11) is -9.10. The standard InChI is InChI=1S/C20H17N5O17S4.Fe/c26-16-4-3-13(22-23-14-7-10(43-41-39-31)8-15(19(14)27)25(29)30)20(28)18(16)24-21-12-2-1-11(9-17(12)44-42-40-32)45(33,34)6-5-38-46(35,36)37;/h1-4,7-9,26-28,31-32H,5-6H2,(H,35,36,37);. The zero-order chi connectivity index (χ0) is 34.1. The van der Waals surface area contributed by atoms with Gasteiger partial charge in [0.15, 0.2) is 21.3 Å². The number of hydrogen-bond donors (Lipinski definition) is 6. The zero-order valence-electron chi connectivity index (χ0n) is 22.4. The van der Waals surface area contributed by atoms with Crippen LogP contribution in [0.2, 0.25) is 0 Å². The van der Waals surface area contributed by atoms with Gasteiger partial charge in [0.2, 0.25) is 5.75 Å². The van der Waals surface area contributed by atoms with Crippen LogP contribution in [0.25, 0.3) is 0 Å². The fourth-order valence-electron chi connectivity index (χ4n) is 3.10. The number of benzene rings is 3. The van der Waals surface area contributed by atoms with Gasteiger partial charge in [-0.05, 0) is 36.4 Å². The molecule has 22 nitrogen and oxygen atoms in total. The van der Waals surface area contributed by atoms with Crippen molar-refractivity contribution in [3.8, 4) is 17.2 Å². The van der Waals surface area contributed by atoms with E-state index < -0.39 is 76.7 Å². The molecule has 0 bridgehead atoms. The molecule has 0 atom stereocenters. The molecule has 0 aliphatic rings. The Bertz CT molecular complexity index is 1880. The Kier molecular flexibility index (Phi) is 14.8. The molecule has 256 valence electrons. The number of nitro benzene ring substituents is 1. The number of azo groups is 2. The van der Waals surface area contributed by atoms with Gasteiger partial charge in [0, 0.05) is 28.0 Å². The molecule has 47 heavy (non-hydrogen) atoms. The Morgan fingerprint density at radius 3 is 2.06 bits per heavy atom. The number of rotatable bonds is 16. The topological polar surface area (TPSA) is 328 Å². The average Bonchev–Trinajstić information content (AvgIpc) is 2.98. The van der Waals surface area contributed by atoms with Crippen molar-refractivity contribution in [1.82, 2.24) is 0 Å². The van der Waals surface area contributed by atoms with Crippen LogP contribution in [0.1, 0.15) is 0 Å². The van der Waals surface area contributed by atoms with Crippen LogP contribution >= 0.6 is 24.1 Å². The summed E-state index contributed by atoms with van der Waals surface area (Å²) in [6.07, 6.45) is 0. The molecule has 27 heteroatoms. The summed E-state index contributed by atoms with van der Waals surface area (Å²) in [5, 5.41) is 81.1. The van der Waals surface area contributed by atoms with Crippen LogP contribution in [-0.4, -0.2) is 64.5 Å². The maximum Gasteiger partial charge on any atom is 0.397 e. The van der Waals surface area contributed by atoms with E-state index in [1.807, 2.05) is 0 Å². The first-order chi connectivity index (χ1) is 21.7. The van der Waals surface area contributed by atoms with Gasteiger partial charge >= 0.3 is 16.1 Å². The SMILES string of the molecule is O=[N+]([O-])c1cc(SOOO)cc(N=Nc2ccc(O)c(N=Nc3ccc(S(=O)(=O)CCOS(=O)(=O)O)cc3SOOO)c2O)c1O.[Fe]. The molecule has 0 aliphatic carbocycles. The van der Waals surface area contributed by atoms with Gasteiger partial charge in [-0.3, -0.25) is 14.7 Å². The molecule has 0 heterocycles. The summed E-state index contributed by atoms with van der Waals surface area (Å²) >= 11 is 0.568. The second kappa shape index (κ2) is 17.6. The van der Waals surface area contributed by atoms with Gasteiger partial charge in [0.1, 0.15) is 22.8 Å². The van der Waals surface area contributed by atoms with Crippen molar-refractivity contribution in [3.63, 3.8) is 0 Å². The third kappa shape index (κ3) is 11.3. The number of sulfone groups is 1. The number of aromatic hydroxyl groups is 3. The molecule has 0 unspecified atom stereocenters. The van der Waals surface area contributed by atoms with Crippen LogP contribution < -0.4 is 0 Å². The minimum Gasteiger partial charge on any atom is -0.505 e. The fourth-order valence-corrected chi connectivity index (χ4v) is 5.59. The Balaban J connectivity index is 0.00000768. The molecule has 0 radical (unpaired) electrons. The summed E-state index contributed by atoms with van der Waals surface area (Å²) < 4.78 is 67.7. The summed E-state index contributed by atoms with van der Waals surface area (Å²) in [6.45, 7) is -0.915. The molecule has 3 aromatic rings. The number of phenols is 3. The fraction of sp³-hybridized carbons (Fsp3) is 0.100. The van der Waals surface area contributed by atoms with E-state index in [0.29, 0.717) is 12.0 Å². The minimum atomic E-state index is -4.90. The van der Waals surface area contributed by atoms with Crippen molar-refractivity contribution in [3.05, 3.63) is 52.6 Å². The Morgan fingerprint density at radius 2 is 1.43 bits per heavy atom. The van der Waals surface area contributed by atoms with Crippen LogP contribution in [0.4, 0.5) is 28.4 Å². The summed E-state index contributed by atoms with van der Waals surface area (Å²) in [6, 6.07) is 7.04. The Hall–Kier alpha value is -3.54. The second-order valence-electron chi connectivity index (χ2n) is 7.92. The molecule has 0 fully saturated rings. The van der Waals surface area contributed by atoms with Crippen LogP contribution in [0.3, 0.4) is 0 Å². The minimum absolute atomic E-state index is 0. The van der Waals surface area contributed by atoms with Crippen molar-refractivity contribution < 1.29 is 92.1 Å². The molecule has 0 aliphatic heterocycles. The number of phenolic OH excluding ortho intramolecular Hbond substituents is 3. The average molecular weight is 783 g/mol. The van der Waals surface area contributed by atoms with E-state index >= 15 is 0 Å². The maximum absolute atomic E-state index is 12.6. The molecule has 0 saturated carbocycles. The first-order valence-corrected chi connectivity index (χ1v) is 15.8. The summed E-state index contributed by atoms with van der Waals surface area (Å²) in [5.74, 6) is -3.26. The smallest absolute Gasteiger partial charge is 0.397 e. The molecule has 0 aromatic heterocycles. The largest absolute Gasteiger partial charge is 0.505 e. The quantitative estimate of drug-likeness (QED) is 0.0212. The van der Waals surface area contributed by atoms with Crippen molar-refractivity contribution in [2.45, 2.75) is 14.7 Å². The van der Waals surface area contributed by atoms with Gasteiger partial charge in [-0.2, -0.15) is 8.42 Å². The Morgan fingerprint density at radius 1 is 0.809 bits per heavy atom. The molecular formula is C20H17FeN5O17S4. The molecule has 0 amide bonds. The van der Waals surface area contributed by atoms with Crippen molar-refractivity contribution in [2.24, 2.45) is 20.5 Å². The van der Waals surface area contributed by atoms with E-state index in [-0.39, 0.29) is 50.3 Å². The third-order valence-corrected chi connectivity index (χ3v) is 8.39. The van der Waals surface area contributed by atoms with Crippen molar-refractivity contribution in [2.75, 3.05) is 12.4 Å². The van der Waals surface area contributed by atoms with Gasteiger partial charge in [-0.25, -0.2) is 23.1 Å². The summed E-state index contributed by atoms with van der Waals surface area (Å²) in [4.78, 5) is 9.69. The monoisotopic (exact) mass is 783 g/mol. The maximum atomic E-state index is 12.6. The molecule has 0 saturated heterocycles. The van der Waals surface area contributed by atoms with E-state index in [2.05, 4.69) is 43.4 Å². The summed E-state index contributed by atoms with van der Waals surface area (Å²) in [5.41, 5.74) is -2.47. The first-order valence-electron chi connectivity index (χ1n) is 11.3. The predicted octanol–water partition coefficient (Wildman–Crippen LogP) is 4.99. The van der Waals surface area contributed by atoms with E-state index in [1.165, 1.54) is 0 Å². The first kappa shape index (κ1) is 39.6. The zero-order valence-corrected chi connectivity index (χ0v) is 26.7. The normalized spacial score (nSPS) is 12.1. The van der Waals surface area contributed by atoms with Crippen LogP contribution in [0.15, 0.2) is 77.6 Å². The van der Waals surface area contributed by atoms with Gasteiger partial charge < -0.3 is 15.3 Å². The van der Waals surface area contributed by atoms with Gasteiger partial charge in [0.25, 0.3) is 0 Å². The van der Waals surface area contributed by atoms with E-state index in [1.54, 1.807) is 0 Å². The Labute approximate surface area is 281 Å². The van der Waals surface area contributed by atoms with Crippen molar-refractivity contribution in [1.29, 1.82) is 0 Å². The number of hydrogen-bond acceptors (Lipinski definition) is 22. The number of nitrogens with zero attached hydrogens (tertiary/aromatic N) is 5. The molecule has 3 rings (SSSR count). The number of nitro groups is 1. The predicted molar refractivity (Wildman–Crippen MR) is 150 cm³/mol. The van der Waals surface area contributed by atoms with Gasteiger partial charge in [0.05, 0.1) is 51.2 Å². The van der Waals surface area contributed by atoms with E-state index in [4.69, 9.17) is 15.1 Å². The second-order valence-corrected chi connectivity index (χ2v) is 12.6. The van der Waals surface area contributed by atoms with E-state index in [9.17, 15) is 42.3 Å². The van der Waals surface area contributed by atoms with Gasteiger partial charge in [-0.15, -0.1) is 29.1 Å². The molecular weight excluding hydrogens is 766 g/mol. The van der Waals surface area contributed by atoms with Crippen LogP contribution in [-0.2, 0) is 60.2 Å². The molecule has 0 spiro atoms. The molecule has 6 N–H and O–H groups in total. The molecule has 3 aromatic carbocycles. The van der Waals surface area contributed by atoms with Crippen LogP contribution in [0.5, 0.6) is 17.2 Å². The van der Waals surface area contributed by atoms with Crippen LogP contribution in [0, 0.1) is 10.1 Å². The van der Waals surface area contributed by atoms with Gasteiger partial charge in [-0.1, -0.05) is 10.1 Å². The van der Waals surface area contributed by atoms with Crippen molar-refractivity contribution >= 4 is 72.8 Å².